The normalized spacial score (nSPS) is 11.2. The third-order valence-corrected chi connectivity index (χ3v) is 3.09. The Balaban J connectivity index is 3.06. The summed E-state index contributed by atoms with van der Waals surface area (Å²) in [5.74, 6) is -2.06. The first-order valence-electron chi connectivity index (χ1n) is 7.77. The van der Waals surface area contributed by atoms with Gasteiger partial charge in [0, 0.05) is 12.6 Å². The van der Waals surface area contributed by atoms with Crippen LogP contribution in [0.25, 0.3) is 0 Å². The Morgan fingerprint density at radius 2 is 1.96 bits per heavy atom. The maximum atomic E-state index is 12.7. The molecule has 0 saturated heterocycles. The van der Waals surface area contributed by atoms with E-state index in [1.54, 1.807) is 0 Å². The molecule has 0 fully saturated rings. The average molecular weight is 363 g/mol. The third kappa shape index (κ3) is 6.94. The van der Waals surface area contributed by atoms with E-state index in [9.17, 15) is 27.6 Å². The van der Waals surface area contributed by atoms with Crippen molar-refractivity contribution in [2.75, 3.05) is 19.7 Å². The maximum absolute atomic E-state index is 12.7. The van der Waals surface area contributed by atoms with E-state index in [4.69, 9.17) is 0 Å². The van der Waals surface area contributed by atoms with E-state index >= 15 is 0 Å². The van der Waals surface area contributed by atoms with Crippen LogP contribution in [-0.2, 0) is 16.1 Å². The summed E-state index contributed by atoms with van der Waals surface area (Å²) < 4.78 is 43.7. The Hall–Kier alpha value is -2.39. The molecule has 25 heavy (non-hydrogen) atoms. The van der Waals surface area contributed by atoms with Gasteiger partial charge in [-0.15, -0.1) is 0 Å². The summed E-state index contributed by atoms with van der Waals surface area (Å²) >= 11 is 0. The predicted molar refractivity (Wildman–Crippen MR) is 82.0 cm³/mol. The molecule has 0 radical (unpaired) electrons. The number of alkyl halides is 3. The molecule has 1 aromatic rings. The molecule has 1 rings (SSSR count). The van der Waals surface area contributed by atoms with Crippen molar-refractivity contribution in [2.45, 2.75) is 39.4 Å². The first kappa shape index (κ1) is 20.7. The number of rotatable bonds is 8. The Morgan fingerprint density at radius 3 is 2.52 bits per heavy atom. The van der Waals surface area contributed by atoms with Gasteiger partial charge in [-0.05, 0) is 19.4 Å². The van der Waals surface area contributed by atoms with Crippen LogP contribution in [0.5, 0.6) is 0 Å². The maximum Gasteiger partial charge on any atom is 0.406 e. The number of hydrogen-bond acceptors (Lipinski definition) is 5. The lowest BCUT2D eigenvalue weighted by Crippen LogP contribution is -2.43. The van der Waals surface area contributed by atoms with E-state index in [2.05, 4.69) is 9.84 Å². The lowest BCUT2D eigenvalue weighted by atomic mass is 10.3. The SMILES string of the molecule is CCCCn1nc(C(=O)N(CC(=O)OCC)CC(F)(F)F)ccc1=O. The number of carbonyl (C=O) groups is 2. The van der Waals surface area contributed by atoms with E-state index in [0.29, 0.717) is 11.3 Å². The van der Waals surface area contributed by atoms with E-state index in [-0.39, 0.29) is 18.8 Å². The highest BCUT2D eigenvalue weighted by Gasteiger charge is 2.35. The molecule has 0 aliphatic carbocycles. The first-order chi connectivity index (χ1) is 11.7. The number of amides is 1. The Bertz CT molecular complexity index is 658. The molecular weight excluding hydrogens is 343 g/mol. The molecule has 0 aliphatic heterocycles. The summed E-state index contributed by atoms with van der Waals surface area (Å²) in [6, 6.07) is 2.10. The van der Waals surface area contributed by atoms with Crippen LogP contribution in [-0.4, -0.2) is 52.4 Å². The van der Waals surface area contributed by atoms with Crippen LogP contribution in [0.4, 0.5) is 13.2 Å². The predicted octanol–water partition coefficient (Wildman–Crippen LogP) is 1.61. The molecule has 0 atom stereocenters. The molecule has 1 aromatic heterocycles. The molecule has 1 heterocycles. The first-order valence-corrected chi connectivity index (χ1v) is 7.77. The molecule has 7 nitrogen and oxygen atoms in total. The van der Waals surface area contributed by atoms with Gasteiger partial charge in [-0.2, -0.15) is 18.3 Å². The second kappa shape index (κ2) is 9.19. The number of esters is 1. The van der Waals surface area contributed by atoms with E-state index in [0.717, 1.165) is 23.2 Å². The van der Waals surface area contributed by atoms with Crippen LogP contribution in [0.3, 0.4) is 0 Å². The fourth-order valence-corrected chi connectivity index (χ4v) is 1.97. The van der Waals surface area contributed by atoms with Gasteiger partial charge in [-0.25, -0.2) is 4.68 Å². The fourth-order valence-electron chi connectivity index (χ4n) is 1.97. The lowest BCUT2D eigenvalue weighted by molar-refractivity contribution is -0.153. The monoisotopic (exact) mass is 363 g/mol. The number of aryl methyl sites for hydroxylation is 1. The molecular formula is C15H20F3N3O4. The van der Waals surface area contributed by atoms with Crippen LogP contribution in [0.2, 0.25) is 0 Å². The number of nitrogens with zero attached hydrogens (tertiary/aromatic N) is 3. The standard InChI is InChI=1S/C15H20F3N3O4/c1-3-5-8-21-12(22)7-6-11(19-21)14(24)20(10-15(16,17)18)9-13(23)25-4-2/h6-7H,3-5,8-10H2,1-2H3. The lowest BCUT2D eigenvalue weighted by Gasteiger charge is -2.22. The van der Waals surface area contributed by atoms with Crippen LogP contribution >= 0.6 is 0 Å². The number of hydrogen-bond donors (Lipinski definition) is 0. The van der Waals surface area contributed by atoms with E-state index in [1.165, 1.54) is 6.92 Å². The van der Waals surface area contributed by atoms with Crippen molar-refractivity contribution in [1.82, 2.24) is 14.7 Å². The van der Waals surface area contributed by atoms with Gasteiger partial charge < -0.3 is 9.64 Å². The van der Waals surface area contributed by atoms with Gasteiger partial charge in [0.05, 0.1) is 6.61 Å². The summed E-state index contributed by atoms with van der Waals surface area (Å²) in [4.78, 5) is 35.8. The summed E-state index contributed by atoms with van der Waals surface area (Å²) in [5, 5.41) is 3.81. The van der Waals surface area contributed by atoms with Crippen molar-refractivity contribution in [3.8, 4) is 0 Å². The van der Waals surface area contributed by atoms with E-state index in [1.807, 2.05) is 6.92 Å². The fraction of sp³-hybridized carbons (Fsp3) is 0.600. The van der Waals surface area contributed by atoms with Gasteiger partial charge in [-0.1, -0.05) is 13.3 Å². The molecule has 10 heteroatoms. The van der Waals surface area contributed by atoms with Crippen molar-refractivity contribution < 1.29 is 27.5 Å². The number of ether oxygens (including phenoxy) is 1. The topological polar surface area (TPSA) is 81.5 Å². The van der Waals surface area contributed by atoms with E-state index < -0.39 is 36.7 Å². The molecule has 0 unspecified atom stereocenters. The van der Waals surface area contributed by atoms with Crippen molar-refractivity contribution in [3.63, 3.8) is 0 Å². The minimum atomic E-state index is -4.70. The minimum Gasteiger partial charge on any atom is -0.465 e. The number of halogens is 3. The molecule has 0 aromatic carbocycles. The summed E-state index contributed by atoms with van der Waals surface area (Å²) in [5.41, 5.74) is -0.804. The van der Waals surface area contributed by atoms with Crippen LogP contribution in [0.15, 0.2) is 16.9 Å². The molecule has 0 aliphatic rings. The van der Waals surface area contributed by atoms with Crippen molar-refractivity contribution in [3.05, 3.63) is 28.2 Å². The number of unbranched alkanes of at least 4 members (excludes halogenated alkanes) is 1. The van der Waals surface area contributed by atoms with Crippen molar-refractivity contribution in [1.29, 1.82) is 0 Å². The molecule has 0 N–H and O–H groups in total. The van der Waals surface area contributed by atoms with Crippen molar-refractivity contribution in [2.24, 2.45) is 0 Å². The number of carbonyl (C=O) groups excluding carboxylic acids is 2. The highest BCUT2D eigenvalue weighted by Crippen LogP contribution is 2.17. The van der Waals surface area contributed by atoms with Gasteiger partial charge in [-0.3, -0.25) is 14.4 Å². The molecule has 1 amide bonds. The molecule has 0 bridgehead atoms. The third-order valence-electron chi connectivity index (χ3n) is 3.09. The van der Waals surface area contributed by atoms with Gasteiger partial charge in [0.25, 0.3) is 11.5 Å². The minimum absolute atomic E-state index is 0.0208. The quantitative estimate of drug-likeness (QED) is 0.656. The molecule has 0 spiro atoms. The zero-order chi connectivity index (χ0) is 19.0. The van der Waals surface area contributed by atoms with Crippen molar-refractivity contribution >= 4 is 11.9 Å². The smallest absolute Gasteiger partial charge is 0.406 e. The summed E-state index contributed by atoms with van der Waals surface area (Å²) in [6.07, 6.45) is -3.30. The van der Waals surface area contributed by atoms with Crippen LogP contribution in [0.1, 0.15) is 37.2 Å². The highest BCUT2D eigenvalue weighted by atomic mass is 19.4. The Morgan fingerprint density at radius 1 is 1.28 bits per heavy atom. The second-order valence-corrected chi connectivity index (χ2v) is 5.21. The van der Waals surface area contributed by atoms with Crippen LogP contribution in [0, 0.1) is 0 Å². The van der Waals surface area contributed by atoms with Gasteiger partial charge in [0.15, 0.2) is 0 Å². The van der Waals surface area contributed by atoms with Gasteiger partial charge >= 0.3 is 12.1 Å². The second-order valence-electron chi connectivity index (χ2n) is 5.21. The molecule has 0 saturated carbocycles. The van der Waals surface area contributed by atoms with Crippen LogP contribution < -0.4 is 5.56 Å². The summed E-state index contributed by atoms with van der Waals surface area (Å²) in [7, 11) is 0. The number of aromatic nitrogens is 2. The molecule has 140 valence electrons. The zero-order valence-electron chi connectivity index (χ0n) is 14.0. The van der Waals surface area contributed by atoms with Gasteiger partial charge in [0.1, 0.15) is 18.8 Å². The Labute approximate surface area is 142 Å². The Kier molecular flexibility index (Phi) is 7.59. The summed E-state index contributed by atoms with van der Waals surface area (Å²) in [6.45, 7) is 1.13. The average Bonchev–Trinajstić information content (AvgIpc) is 2.51. The zero-order valence-corrected chi connectivity index (χ0v) is 14.0. The highest BCUT2D eigenvalue weighted by molar-refractivity contribution is 5.94. The largest absolute Gasteiger partial charge is 0.465 e. The van der Waals surface area contributed by atoms with Gasteiger partial charge in [0.2, 0.25) is 0 Å².